The van der Waals surface area contributed by atoms with Gasteiger partial charge in [-0.3, -0.25) is 14.1 Å². The summed E-state index contributed by atoms with van der Waals surface area (Å²) in [4.78, 5) is 15.4. The van der Waals surface area contributed by atoms with Gasteiger partial charge < -0.3 is 19.8 Å². The Hall–Kier alpha value is -3.14. The lowest BCUT2D eigenvalue weighted by Gasteiger charge is -2.29. The predicted molar refractivity (Wildman–Crippen MR) is 149 cm³/mol. The van der Waals surface area contributed by atoms with Gasteiger partial charge in [-0.15, -0.1) is 0 Å². The summed E-state index contributed by atoms with van der Waals surface area (Å²) in [5, 5.41) is 14.6. The Labute approximate surface area is 223 Å². The van der Waals surface area contributed by atoms with Crippen LogP contribution in [0.15, 0.2) is 64.6 Å². The van der Waals surface area contributed by atoms with Gasteiger partial charge in [-0.25, -0.2) is 8.42 Å². The SMILES string of the molecule is CCOP1(=O)N=C(C2=C(O)C(c3ccccc3)N(CCC(C)(C)C)C2=O)Nc2ccc(NS(C)(=O)=O)cc21. The van der Waals surface area contributed by atoms with Gasteiger partial charge in [0.1, 0.15) is 17.4 Å². The van der Waals surface area contributed by atoms with Gasteiger partial charge in [0, 0.05) is 12.2 Å². The Morgan fingerprint density at radius 2 is 1.87 bits per heavy atom. The van der Waals surface area contributed by atoms with Gasteiger partial charge in [0.25, 0.3) is 5.91 Å². The van der Waals surface area contributed by atoms with Crippen molar-refractivity contribution < 1.29 is 27.4 Å². The molecule has 2 aromatic rings. The molecule has 2 unspecified atom stereocenters. The van der Waals surface area contributed by atoms with E-state index in [1.54, 1.807) is 11.8 Å². The van der Waals surface area contributed by atoms with Crippen LogP contribution < -0.4 is 15.3 Å². The molecule has 2 aliphatic rings. The number of benzene rings is 2. The van der Waals surface area contributed by atoms with Gasteiger partial charge in [0.2, 0.25) is 10.0 Å². The van der Waals surface area contributed by atoms with Crippen molar-refractivity contribution in [1.29, 1.82) is 0 Å². The second-order valence-electron chi connectivity index (χ2n) is 10.5. The molecule has 10 nitrogen and oxygen atoms in total. The minimum absolute atomic E-state index is 0.0538. The Balaban J connectivity index is 1.80. The number of hydrogen-bond acceptors (Lipinski definition) is 7. The van der Waals surface area contributed by atoms with E-state index in [-0.39, 0.29) is 40.2 Å². The van der Waals surface area contributed by atoms with Crippen molar-refractivity contribution in [2.45, 2.75) is 40.2 Å². The summed E-state index contributed by atoms with van der Waals surface area (Å²) in [5.41, 5.74) is 1.15. The zero-order chi connectivity index (χ0) is 27.9. The van der Waals surface area contributed by atoms with Crippen LogP contribution in [-0.4, -0.2) is 49.6 Å². The van der Waals surface area contributed by atoms with Crippen molar-refractivity contribution in [2.75, 3.05) is 29.4 Å². The first kappa shape index (κ1) is 27.9. The molecule has 0 bridgehead atoms. The van der Waals surface area contributed by atoms with Crippen LogP contribution in [0.5, 0.6) is 0 Å². The molecule has 1 amide bonds. The van der Waals surface area contributed by atoms with Crippen LogP contribution in [-0.2, 0) is 23.9 Å². The van der Waals surface area contributed by atoms with E-state index >= 15 is 0 Å². The first-order valence-corrected chi connectivity index (χ1v) is 15.7. The number of anilines is 2. The van der Waals surface area contributed by atoms with Crippen LogP contribution >= 0.6 is 7.52 Å². The number of hydrogen-bond donors (Lipinski definition) is 3. The molecule has 2 aromatic carbocycles. The number of sulfonamides is 1. The molecular formula is C26H33N4O6PS. The molecule has 2 heterocycles. The molecular weight excluding hydrogens is 527 g/mol. The van der Waals surface area contributed by atoms with Crippen molar-refractivity contribution >= 4 is 46.0 Å². The number of carbonyl (C=O) groups excluding carboxylic acids is 1. The third kappa shape index (κ3) is 5.80. The van der Waals surface area contributed by atoms with E-state index in [1.807, 2.05) is 30.3 Å². The van der Waals surface area contributed by atoms with E-state index in [1.165, 1.54) is 18.2 Å². The van der Waals surface area contributed by atoms with Crippen LogP contribution in [0.2, 0.25) is 0 Å². The average Bonchev–Trinajstić information content (AvgIpc) is 3.06. The fourth-order valence-corrected chi connectivity index (χ4v) is 6.77. The maximum atomic E-state index is 14.0. The van der Waals surface area contributed by atoms with Crippen molar-refractivity contribution in [2.24, 2.45) is 10.2 Å². The number of carbonyl (C=O) groups is 1. The molecule has 12 heteroatoms. The van der Waals surface area contributed by atoms with Gasteiger partial charge in [-0.2, -0.15) is 4.76 Å². The number of fused-ring (bicyclic) bond motifs is 1. The molecule has 0 radical (unpaired) electrons. The van der Waals surface area contributed by atoms with Gasteiger partial charge in [-0.1, -0.05) is 51.1 Å². The summed E-state index contributed by atoms with van der Waals surface area (Å²) in [6.07, 6.45) is 1.71. The highest BCUT2D eigenvalue weighted by Gasteiger charge is 2.45. The van der Waals surface area contributed by atoms with Crippen molar-refractivity contribution in [3.8, 4) is 0 Å². The summed E-state index contributed by atoms with van der Waals surface area (Å²) < 4.78 is 49.7. The summed E-state index contributed by atoms with van der Waals surface area (Å²) in [6.45, 7) is 8.34. The number of amides is 1. The first-order chi connectivity index (χ1) is 17.7. The summed E-state index contributed by atoms with van der Waals surface area (Å²) in [5.74, 6) is -0.684. The molecule has 2 aliphatic heterocycles. The molecule has 3 N–H and O–H groups in total. The molecule has 204 valence electrons. The highest BCUT2D eigenvalue weighted by atomic mass is 32.2. The number of aliphatic hydroxyl groups is 1. The van der Waals surface area contributed by atoms with Crippen LogP contribution in [0.3, 0.4) is 0 Å². The number of nitrogens with zero attached hydrogens (tertiary/aromatic N) is 2. The van der Waals surface area contributed by atoms with Gasteiger partial charge in [0.05, 0.1) is 23.9 Å². The van der Waals surface area contributed by atoms with E-state index in [2.05, 4.69) is 35.6 Å². The summed E-state index contributed by atoms with van der Waals surface area (Å²) in [6, 6.07) is 12.9. The molecule has 0 spiro atoms. The predicted octanol–water partition coefficient (Wildman–Crippen LogP) is 4.57. The lowest BCUT2D eigenvalue weighted by Crippen LogP contribution is -2.35. The van der Waals surface area contributed by atoms with E-state index in [4.69, 9.17) is 4.52 Å². The Morgan fingerprint density at radius 3 is 2.47 bits per heavy atom. The van der Waals surface area contributed by atoms with Gasteiger partial charge >= 0.3 is 7.52 Å². The second-order valence-corrected chi connectivity index (χ2v) is 14.2. The van der Waals surface area contributed by atoms with Crippen LogP contribution in [0.25, 0.3) is 0 Å². The Kier molecular flexibility index (Phi) is 7.49. The van der Waals surface area contributed by atoms with Crippen LogP contribution in [0.4, 0.5) is 11.4 Å². The zero-order valence-corrected chi connectivity index (χ0v) is 23.8. The highest BCUT2D eigenvalue weighted by Crippen LogP contribution is 2.53. The Morgan fingerprint density at radius 1 is 1.18 bits per heavy atom. The normalized spacial score (nSPS) is 21.7. The van der Waals surface area contributed by atoms with Crippen LogP contribution in [0, 0.1) is 5.41 Å². The smallest absolute Gasteiger partial charge is 0.348 e. The lowest BCUT2D eigenvalue weighted by molar-refractivity contribution is -0.127. The third-order valence-corrected chi connectivity index (χ3v) is 8.81. The van der Waals surface area contributed by atoms with E-state index in [0.29, 0.717) is 18.7 Å². The van der Waals surface area contributed by atoms with Crippen molar-refractivity contribution in [3.05, 3.63) is 65.4 Å². The molecule has 4 rings (SSSR count). The molecule has 0 aliphatic carbocycles. The minimum atomic E-state index is -3.94. The largest absolute Gasteiger partial charge is 0.509 e. The topological polar surface area (TPSA) is 137 Å². The molecule has 38 heavy (non-hydrogen) atoms. The molecule has 0 fully saturated rings. The fraction of sp³-hybridized carbons (Fsp3) is 0.385. The molecule has 2 atom stereocenters. The number of nitrogens with one attached hydrogen (secondary N) is 2. The lowest BCUT2D eigenvalue weighted by atomic mass is 9.91. The molecule has 0 aromatic heterocycles. The van der Waals surface area contributed by atoms with Crippen molar-refractivity contribution in [1.82, 2.24) is 4.90 Å². The third-order valence-electron chi connectivity index (χ3n) is 6.15. The fourth-order valence-electron chi connectivity index (χ4n) is 4.41. The standard InChI is InChI=1S/C26H33N4O6PS/c1-6-36-37(33)20-16-18(29-38(5,34)35)12-13-19(20)27-24(28-37)21-23(31)22(17-10-8-7-9-11-17)30(25(21)32)15-14-26(2,3)4/h7-13,16,22,29,31H,6,14-15H2,1-5H3,(H,27,28,33). The zero-order valence-electron chi connectivity index (χ0n) is 22.1. The molecule has 0 saturated heterocycles. The average molecular weight is 561 g/mol. The van der Waals surface area contributed by atoms with E-state index in [0.717, 1.165) is 11.8 Å². The molecule has 0 saturated carbocycles. The maximum Gasteiger partial charge on any atom is 0.348 e. The minimum Gasteiger partial charge on any atom is -0.509 e. The van der Waals surface area contributed by atoms with Crippen LogP contribution in [0.1, 0.15) is 45.7 Å². The summed E-state index contributed by atoms with van der Waals surface area (Å²) >= 11 is 0. The highest BCUT2D eigenvalue weighted by molar-refractivity contribution is 7.92. The van der Waals surface area contributed by atoms with Crippen molar-refractivity contribution in [3.63, 3.8) is 0 Å². The number of aliphatic hydroxyl groups excluding tert-OH is 1. The van der Waals surface area contributed by atoms with Gasteiger partial charge in [0.15, 0.2) is 5.84 Å². The first-order valence-electron chi connectivity index (χ1n) is 12.3. The Bertz CT molecular complexity index is 1460. The van der Waals surface area contributed by atoms with E-state index in [9.17, 15) is 22.9 Å². The second kappa shape index (κ2) is 10.2. The monoisotopic (exact) mass is 560 g/mol. The van der Waals surface area contributed by atoms with Gasteiger partial charge in [-0.05, 0) is 42.5 Å². The number of amidine groups is 1. The quantitative estimate of drug-likeness (QED) is 0.402. The summed E-state index contributed by atoms with van der Waals surface area (Å²) in [7, 11) is -7.51. The van der Waals surface area contributed by atoms with E-state index < -0.39 is 29.5 Å². The number of rotatable bonds is 8. The maximum absolute atomic E-state index is 14.0.